The van der Waals surface area contributed by atoms with Crippen LogP contribution in [0.1, 0.15) is 31.8 Å². The first-order valence-corrected chi connectivity index (χ1v) is 10.6. The van der Waals surface area contributed by atoms with Gasteiger partial charge in [-0.25, -0.2) is 0 Å². The van der Waals surface area contributed by atoms with Gasteiger partial charge in [0.2, 0.25) is 0 Å². The first-order valence-electron chi connectivity index (χ1n) is 10.6. The first-order chi connectivity index (χ1) is 15.7. The number of carbonyl (C=O) groups is 2. The molecule has 0 N–H and O–H groups in total. The molecule has 0 bridgehead atoms. The number of hydrogen-bond acceptors (Lipinski definition) is 2. The molecule has 1 aliphatic rings. The van der Waals surface area contributed by atoms with E-state index >= 15 is 0 Å². The normalized spacial score (nSPS) is 13.2. The summed E-state index contributed by atoms with van der Waals surface area (Å²) in [6, 6.07) is 34.4. The summed E-state index contributed by atoms with van der Waals surface area (Å²) in [5.74, 6) is -0.245. The fourth-order valence-corrected chi connectivity index (χ4v) is 4.14. The van der Waals surface area contributed by atoms with Crippen LogP contribution >= 0.6 is 0 Å². The van der Waals surface area contributed by atoms with Gasteiger partial charge >= 0.3 is 0 Å². The number of para-hydroxylation sites is 2. The molecule has 0 fully saturated rings. The van der Waals surface area contributed by atoms with Crippen LogP contribution in [-0.4, -0.2) is 11.8 Å². The first kappa shape index (κ1) is 19.8. The topological polar surface area (TPSA) is 40.6 Å². The highest BCUT2D eigenvalue weighted by atomic mass is 16.2. The predicted octanol–water partition coefficient (Wildman–Crippen LogP) is 5.69. The van der Waals surface area contributed by atoms with Crippen molar-refractivity contribution in [2.45, 2.75) is 13.1 Å². The lowest BCUT2D eigenvalue weighted by molar-refractivity contribution is 0.0972. The van der Waals surface area contributed by atoms with Crippen molar-refractivity contribution >= 4 is 23.2 Å². The molecule has 2 amide bonds. The second-order valence-electron chi connectivity index (χ2n) is 7.79. The lowest BCUT2D eigenvalue weighted by Gasteiger charge is -2.33. The van der Waals surface area contributed by atoms with E-state index in [2.05, 4.69) is 0 Å². The summed E-state index contributed by atoms with van der Waals surface area (Å²) in [5, 5.41) is 0. The highest BCUT2D eigenvalue weighted by Crippen LogP contribution is 2.34. The van der Waals surface area contributed by atoms with Gasteiger partial charge < -0.3 is 9.80 Å². The maximum absolute atomic E-state index is 13.8. The van der Waals surface area contributed by atoms with Crippen LogP contribution in [0.2, 0.25) is 0 Å². The minimum Gasteiger partial charge on any atom is -0.303 e. The van der Waals surface area contributed by atoms with E-state index in [9.17, 15) is 9.59 Å². The summed E-state index contributed by atoms with van der Waals surface area (Å²) in [7, 11) is 0. The molecule has 4 heteroatoms. The number of anilines is 2. The van der Waals surface area contributed by atoms with E-state index in [1.807, 2.05) is 97.1 Å². The van der Waals surface area contributed by atoms with Crippen LogP contribution in [0.15, 0.2) is 109 Å². The molecule has 0 spiro atoms. The fourth-order valence-electron chi connectivity index (χ4n) is 4.14. The van der Waals surface area contributed by atoms with Crippen molar-refractivity contribution in [1.82, 2.24) is 0 Å². The Morgan fingerprint density at radius 2 is 0.781 bits per heavy atom. The lowest BCUT2D eigenvalue weighted by Crippen LogP contribution is -2.40. The molecule has 0 radical (unpaired) electrons. The maximum Gasteiger partial charge on any atom is 0.260 e. The number of benzene rings is 4. The van der Waals surface area contributed by atoms with Gasteiger partial charge in [-0.1, -0.05) is 84.9 Å². The molecule has 0 atom stereocenters. The van der Waals surface area contributed by atoms with Crippen LogP contribution in [0.3, 0.4) is 0 Å². The van der Waals surface area contributed by atoms with Gasteiger partial charge in [0.1, 0.15) is 0 Å². The van der Waals surface area contributed by atoms with Gasteiger partial charge in [0.05, 0.1) is 35.6 Å². The van der Waals surface area contributed by atoms with E-state index in [-0.39, 0.29) is 11.8 Å². The van der Waals surface area contributed by atoms with Crippen molar-refractivity contribution in [2.75, 3.05) is 9.80 Å². The number of carbonyl (C=O) groups excluding carboxylic acids is 2. The molecule has 0 aliphatic carbocycles. The Bertz CT molecular complexity index is 1170. The van der Waals surface area contributed by atoms with Crippen LogP contribution in [0.25, 0.3) is 0 Å². The minimum absolute atomic E-state index is 0.123. The SMILES string of the molecule is O=C1c2ccccc2N(Cc2ccccc2)C(=O)c2ccccc2N1Cc1ccccc1. The molecule has 0 saturated carbocycles. The molecule has 156 valence electrons. The minimum atomic E-state index is -0.123. The number of amides is 2. The molecule has 5 rings (SSSR count). The lowest BCUT2D eigenvalue weighted by atomic mass is 10.0. The smallest absolute Gasteiger partial charge is 0.260 e. The number of rotatable bonds is 4. The second-order valence-corrected chi connectivity index (χ2v) is 7.79. The molecule has 4 aromatic rings. The third-order valence-corrected chi connectivity index (χ3v) is 5.71. The number of hydrogen-bond donors (Lipinski definition) is 0. The zero-order valence-corrected chi connectivity index (χ0v) is 17.5. The van der Waals surface area contributed by atoms with Crippen molar-refractivity contribution in [3.8, 4) is 0 Å². The molecule has 32 heavy (non-hydrogen) atoms. The molecular formula is C28H22N2O2. The molecule has 0 unspecified atom stereocenters. The average Bonchev–Trinajstić information content (AvgIpc) is 2.86. The van der Waals surface area contributed by atoms with E-state index < -0.39 is 0 Å². The summed E-state index contributed by atoms with van der Waals surface area (Å²) in [5.41, 5.74) is 4.28. The highest BCUT2D eigenvalue weighted by Gasteiger charge is 2.32. The molecule has 1 aliphatic heterocycles. The molecule has 0 aromatic heterocycles. The molecule has 4 aromatic carbocycles. The van der Waals surface area contributed by atoms with Crippen molar-refractivity contribution in [1.29, 1.82) is 0 Å². The standard InChI is InChI=1S/C28H22N2O2/c31-27-24-16-8-10-18-26(24)30(20-22-13-5-2-6-14-22)28(32)23-15-7-9-17-25(23)29(27)19-21-11-3-1-4-12-21/h1-18H,19-20H2. The number of nitrogens with zero attached hydrogens (tertiary/aromatic N) is 2. The predicted molar refractivity (Wildman–Crippen MR) is 127 cm³/mol. The van der Waals surface area contributed by atoms with Gasteiger partial charge in [0.15, 0.2) is 0 Å². The summed E-state index contributed by atoms with van der Waals surface area (Å²) >= 11 is 0. The largest absolute Gasteiger partial charge is 0.303 e. The third-order valence-electron chi connectivity index (χ3n) is 5.71. The van der Waals surface area contributed by atoms with Crippen LogP contribution < -0.4 is 9.80 Å². The molecule has 4 nitrogen and oxygen atoms in total. The fraction of sp³-hybridized carbons (Fsp3) is 0.0714. The number of fused-ring (bicyclic) bond motifs is 2. The van der Waals surface area contributed by atoms with E-state index in [1.54, 1.807) is 21.9 Å². The van der Waals surface area contributed by atoms with Gasteiger partial charge in [-0.2, -0.15) is 0 Å². The maximum atomic E-state index is 13.8. The van der Waals surface area contributed by atoms with E-state index in [4.69, 9.17) is 0 Å². The van der Waals surface area contributed by atoms with Crippen molar-refractivity contribution in [3.05, 3.63) is 131 Å². The third kappa shape index (κ3) is 3.67. The van der Waals surface area contributed by atoms with E-state index in [1.165, 1.54) is 0 Å². The van der Waals surface area contributed by atoms with Crippen molar-refractivity contribution in [3.63, 3.8) is 0 Å². The molecular weight excluding hydrogens is 396 g/mol. The van der Waals surface area contributed by atoms with E-state index in [0.29, 0.717) is 35.6 Å². The second kappa shape index (κ2) is 8.52. The van der Waals surface area contributed by atoms with Crippen LogP contribution in [0, 0.1) is 0 Å². The zero-order valence-electron chi connectivity index (χ0n) is 17.5. The van der Waals surface area contributed by atoms with Crippen molar-refractivity contribution in [2.24, 2.45) is 0 Å². The molecule has 0 saturated heterocycles. The van der Waals surface area contributed by atoms with E-state index in [0.717, 1.165) is 11.1 Å². The quantitative estimate of drug-likeness (QED) is 0.427. The summed E-state index contributed by atoms with van der Waals surface area (Å²) < 4.78 is 0. The zero-order chi connectivity index (χ0) is 21.9. The van der Waals surface area contributed by atoms with Gasteiger partial charge in [0, 0.05) is 0 Å². The Balaban J connectivity index is 1.66. The van der Waals surface area contributed by atoms with Crippen LogP contribution in [0.5, 0.6) is 0 Å². The Hall–Kier alpha value is -4.18. The van der Waals surface area contributed by atoms with Gasteiger partial charge in [0.25, 0.3) is 11.8 Å². The summed E-state index contributed by atoms with van der Waals surface area (Å²) in [4.78, 5) is 31.1. The summed E-state index contributed by atoms with van der Waals surface area (Å²) in [6.45, 7) is 0.772. The monoisotopic (exact) mass is 418 g/mol. The van der Waals surface area contributed by atoms with Gasteiger partial charge in [-0.3, -0.25) is 9.59 Å². The molecule has 1 heterocycles. The van der Waals surface area contributed by atoms with Gasteiger partial charge in [-0.05, 0) is 35.4 Å². The summed E-state index contributed by atoms with van der Waals surface area (Å²) in [6.07, 6.45) is 0. The Morgan fingerprint density at radius 3 is 1.19 bits per heavy atom. The van der Waals surface area contributed by atoms with Crippen LogP contribution in [-0.2, 0) is 13.1 Å². The highest BCUT2D eigenvalue weighted by molar-refractivity contribution is 6.20. The van der Waals surface area contributed by atoms with Crippen molar-refractivity contribution < 1.29 is 9.59 Å². The Labute approximate surface area is 187 Å². The average molecular weight is 418 g/mol. The van der Waals surface area contributed by atoms with Gasteiger partial charge in [-0.15, -0.1) is 0 Å². The van der Waals surface area contributed by atoms with Crippen LogP contribution in [0.4, 0.5) is 11.4 Å². The Morgan fingerprint density at radius 1 is 0.438 bits per heavy atom. The Kier molecular flexibility index (Phi) is 5.26.